The normalized spacial score (nSPS) is 18.3. The highest BCUT2D eigenvalue weighted by Crippen LogP contribution is 2.40. The average molecular weight is 694 g/mol. The van der Waals surface area contributed by atoms with Gasteiger partial charge in [-0.25, -0.2) is 9.59 Å². The van der Waals surface area contributed by atoms with Gasteiger partial charge in [0, 0.05) is 29.4 Å². The predicted molar refractivity (Wildman–Crippen MR) is 169 cm³/mol. The SMILES string of the molecule is Cn1c(N)c(CCNC=O)c[n+]1CC1=C(C(=O)O)N2C(=O)[C@@H](NC(=O)/C(=N\OC(C)(C)C(=O)OC(C)(C)C)c3nsc(N)n3)[C@H]2SC1. The number of hydrogen-bond acceptors (Lipinski definition) is 14. The summed E-state index contributed by atoms with van der Waals surface area (Å²) in [5, 5.41) is 18.5. The number of carbonyl (C=O) groups is 5. The molecule has 47 heavy (non-hydrogen) atoms. The van der Waals surface area contributed by atoms with Crippen LogP contribution in [0.15, 0.2) is 22.6 Å². The first-order chi connectivity index (χ1) is 21.9. The molecular weight excluding hydrogens is 656 g/mol. The molecule has 0 unspecified atom stereocenters. The summed E-state index contributed by atoms with van der Waals surface area (Å²) in [7, 11) is 1.72. The molecule has 2 aromatic heterocycles. The van der Waals surface area contributed by atoms with Crippen molar-refractivity contribution in [2.24, 2.45) is 12.2 Å². The summed E-state index contributed by atoms with van der Waals surface area (Å²) in [6.45, 7) is 8.36. The summed E-state index contributed by atoms with van der Waals surface area (Å²) in [6, 6.07) is -1.11. The van der Waals surface area contributed by atoms with Crippen LogP contribution >= 0.6 is 23.3 Å². The maximum Gasteiger partial charge on any atom is 0.353 e. The highest BCUT2D eigenvalue weighted by atomic mass is 32.2. The molecule has 0 aliphatic carbocycles. The van der Waals surface area contributed by atoms with Crippen molar-refractivity contribution >= 4 is 70.1 Å². The lowest BCUT2D eigenvalue weighted by Crippen LogP contribution is -2.71. The zero-order chi connectivity index (χ0) is 34.8. The van der Waals surface area contributed by atoms with E-state index in [2.05, 4.69) is 25.1 Å². The van der Waals surface area contributed by atoms with Gasteiger partial charge in [-0.05, 0) is 41.0 Å². The number of amides is 3. The fourth-order valence-corrected chi connectivity index (χ4v) is 6.38. The van der Waals surface area contributed by atoms with E-state index in [1.54, 1.807) is 43.4 Å². The molecule has 1 fully saturated rings. The highest BCUT2D eigenvalue weighted by Gasteiger charge is 2.55. The number of aliphatic carboxylic acids is 1. The molecule has 0 saturated carbocycles. The molecule has 2 atom stereocenters. The van der Waals surface area contributed by atoms with Gasteiger partial charge in [0.25, 0.3) is 11.8 Å². The van der Waals surface area contributed by atoms with Crippen molar-refractivity contribution in [3.05, 3.63) is 28.9 Å². The molecule has 2 aromatic rings. The number of fused-ring (bicyclic) bond motifs is 1. The number of anilines is 2. The summed E-state index contributed by atoms with van der Waals surface area (Å²) >= 11 is 2.07. The number of ether oxygens (including phenoxy) is 1. The number of aromatic nitrogens is 4. The van der Waals surface area contributed by atoms with Crippen molar-refractivity contribution in [1.29, 1.82) is 0 Å². The Kier molecular flexibility index (Phi) is 10.1. The molecule has 2 aliphatic rings. The summed E-state index contributed by atoms with van der Waals surface area (Å²) in [5.41, 5.74) is 10.1. The molecule has 0 bridgehead atoms. The van der Waals surface area contributed by atoms with Gasteiger partial charge in [-0.1, -0.05) is 5.16 Å². The molecule has 254 valence electrons. The van der Waals surface area contributed by atoms with Crippen LogP contribution in [-0.2, 0) is 53.6 Å². The van der Waals surface area contributed by atoms with E-state index in [0.29, 0.717) is 30.8 Å². The van der Waals surface area contributed by atoms with Gasteiger partial charge in [-0.3, -0.25) is 19.3 Å². The number of β-lactam (4-membered cyclic amide) rings is 1. The monoisotopic (exact) mass is 693 g/mol. The van der Waals surface area contributed by atoms with E-state index in [9.17, 15) is 29.1 Å². The minimum absolute atomic E-state index is 0.0343. The maximum atomic E-state index is 13.5. The second kappa shape index (κ2) is 13.6. The van der Waals surface area contributed by atoms with Crippen LogP contribution in [0, 0.1) is 0 Å². The molecule has 4 rings (SSSR count). The first kappa shape index (κ1) is 35.1. The molecule has 0 spiro atoms. The molecule has 20 heteroatoms. The summed E-state index contributed by atoms with van der Waals surface area (Å²) in [5.74, 6) is -3.11. The van der Waals surface area contributed by atoms with Crippen molar-refractivity contribution in [3.8, 4) is 0 Å². The number of rotatable bonds is 13. The molecule has 18 nitrogen and oxygen atoms in total. The van der Waals surface area contributed by atoms with E-state index < -0.39 is 52.1 Å². The summed E-state index contributed by atoms with van der Waals surface area (Å²) < 4.78 is 12.8. The predicted octanol–water partition coefficient (Wildman–Crippen LogP) is -1.10. The minimum Gasteiger partial charge on any atom is -0.477 e. The molecular formula is C27H37N10O8S2+. The fraction of sp³-hybridized carbons (Fsp3) is 0.519. The third-order valence-corrected chi connectivity index (χ3v) is 8.89. The molecule has 3 amide bonds. The van der Waals surface area contributed by atoms with E-state index >= 15 is 0 Å². The third-order valence-electron chi connectivity index (χ3n) is 7.00. The van der Waals surface area contributed by atoms with Gasteiger partial charge in [0.1, 0.15) is 22.7 Å². The van der Waals surface area contributed by atoms with Crippen molar-refractivity contribution in [3.63, 3.8) is 0 Å². The Bertz CT molecular complexity index is 1660. The Morgan fingerprint density at radius 1 is 1.26 bits per heavy atom. The van der Waals surface area contributed by atoms with E-state index in [1.807, 2.05) is 0 Å². The molecule has 7 N–H and O–H groups in total. The van der Waals surface area contributed by atoms with Gasteiger partial charge in [0.2, 0.25) is 29.7 Å². The van der Waals surface area contributed by atoms with Crippen molar-refractivity contribution in [2.75, 3.05) is 23.8 Å². The Balaban J connectivity index is 1.54. The second-order valence-corrected chi connectivity index (χ2v) is 14.0. The van der Waals surface area contributed by atoms with E-state index in [-0.39, 0.29) is 29.0 Å². The van der Waals surface area contributed by atoms with Gasteiger partial charge >= 0.3 is 11.9 Å². The lowest BCUT2D eigenvalue weighted by molar-refractivity contribution is -0.765. The van der Waals surface area contributed by atoms with Crippen molar-refractivity contribution < 1.29 is 43.3 Å². The number of carboxylic acids is 1. The average Bonchev–Trinajstić information content (AvgIpc) is 3.52. The van der Waals surface area contributed by atoms with E-state index in [0.717, 1.165) is 22.0 Å². The van der Waals surface area contributed by atoms with Gasteiger partial charge in [-0.15, -0.1) is 21.1 Å². The van der Waals surface area contributed by atoms with E-state index in [4.69, 9.17) is 21.0 Å². The lowest BCUT2D eigenvalue weighted by Gasteiger charge is -2.49. The molecule has 2 aliphatic heterocycles. The molecule has 1 saturated heterocycles. The first-order valence-electron chi connectivity index (χ1n) is 14.3. The van der Waals surface area contributed by atoms with Gasteiger partial charge in [0.15, 0.2) is 17.5 Å². The number of oxime groups is 1. The number of carbonyl (C=O) groups excluding carboxylic acids is 4. The van der Waals surface area contributed by atoms with Gasteiger partial charge < -0.3 is 36.8 Å². The van der Waals surface area contributed by atoms with Crippen molar-refractivity contribution in [1.82, 2.24) is 29.6 Å². The van der Waals surface area contributed by atoms with Crippen LogP contribution in [-0.4, -0.2) is 94.8 Å². The summed E-state index contributed by atoms with van der Waals surface area (Å²) in [6.07, 6.45) is 2.82. The molecule has 0 radical (unpaired) electrons. The van der Waals surface area contributed by atoms with Crippen LogP contribution in [0.4, 0.5) is 10.9 Å². The number of hydrogen-bond donors (Lipinski definition) is 5. The number of carboxylic acid groups (broad SMARTS) is 1. The largest absolute Gasteiger partial charge is 0.477 e. The third kappa shape index (κ3) is 7.64. The van der Waals surface area contributed by atoms with Gasteiger partial charge in [0.05, 0.1) is 12.6 Å². The smallest absolute Gasteiger partial charge is 0.353 e. The number of thioether (sulfide) groups is 1. The maximum absolute atomic E-state index is 13.5. The fourth-order valence-electron chi connectivity index (χ4n) is 4.61. The van der Waals surface area contributed by atoms with Crippen molar-refractivity contribution in [2.45, 2.75) is 70.2 Å². The minimum atomic E-state index is -1.62. The van der Waals surface area contributed by atoms with Gasteiger partial charge in [-0.2, -0.15) is 9.36 Å². The number of nitrogens with zero attached hydrogens (tertiary/aromatic N) is 6. The topological polar surface area (TPSA) is 250 Å². The first-order valence-corrected chi connectivity index (χ1v) is 16.1. The zero-order valence-electron chi connectivity index (χ0n) is 26.6. The van der Waals surface area contributed by atoms with Crippen LogP contribution in [0.1, 0.15) is 46.0 Å². The van der Waals surface area contributed by atoms with Crippen LogP contribution in [0.25, 0.3) is 0 Å². The lowest BCUT2D eigenvalue weighted by atomic mass is 10.0. The standard InChI is InChI=1S/C27H36N10O8S2/c1-26(2,3)44-24(43)27(4,5)45-33-15(19-32-25(29)47-34-19)20(39)31-16-21(40)37-17(23(41)42)14(11-46-22(16)37)10-36-9-13(7-8-30-12-38)18(28)35(36)6/h9,12,16,22,28H,7-8,10-11H2,1-6H3,(H5,29,30,31,32,34,38,39,41,42)/p+1/b33-15-/t16-,22-/m1/s1. The number of nitrogen functional groups attached to an aromatic ring is 2. The highest BCUT2D eigenvalue weighted by molar-refractivity contribution is 8.00. The number of esters is 1. The second-order valence-electron chi connectivity index (χ2n) is 12.1. The van der Waals surface area contributed by atoms with Crippen LogP contribution < -0.4 is 26.8 Å². The molecule has 0 aromatic carbocycles. The van der Waals surface area contributed by atoms with Crippen LogP contribution in [0.3, 0.4) is 0 Å². The Morgan fingerprint density at radius 3 is 2.55 bits per heavy atom. The van der Waals surface area contributed by atoms with E-state index in [1.165, 1.54) is 25.6 Å². The summed E-state index contributed by atoms with van der Waals surface area (Å²) in [4.78, 5) is 73.1. The Hall–Kier alpha value is -4.72. The number of nitrogens with two attached hydrogens (primary N) is 2. The molecule has 4 heterocycles. The quantitative estimate of drug-likeness (QED) is 0.0318. The van der Waals surface area contributed by atoms with Crippen LogP contribution in [0.2, 0.25) is 0 Å². The Labute approximate surface area is 277 Å². The number of nitrogens with one attached hydrogen (secondary N) is 2. The Morgan fingerprint density at radius 2 is 1.96 bits per heavy atom. The zero-order valence-corrected chi connectivity index (χ0v) is 28.2. The van der Waals surface area contributed by atoms with Crippen LogP contribution in [0.5, 0.6) is 0 Å².